The highest BCUT2D eigenvalue weighted by molar-refractivity contribution is 5.90. The van der Waals surface area contributed by atoms with E-state index in [9.17, 15) is 9.59 Å². The molecule has 0 saturated carbocycles. The first-order valence-electron chi connectivity index (χ1n) is 12.1. The Labute approximate surface area is 192 Å². The number of hydrogen-bond donors (Lipinski definition) is 1. The fourth-order valence-electron chi connectivity index (χ4n) is 4.61. The molecule has 2 aliphatic heterocycles. The smallest absolute Gasteiger partial charge is 0.316 e. The van der Waals surface area contributed by atoms with Crippen molar-refractivity contribution in [2.24, 2.45) is 17.8 Å². The molecule has 1 N–H and O–H groups in total. The second kappa shape index (κ2) is 11.6. The zero-order valence-corrected chi connectivity index (χ0v) is 20.0. The molecule has 2 amide bonds. The van der Waals surface area contributed by atoms with Gasteiger partial charge in [-0.15, -0.1) is 0 Å². The van der Waals surface area contributed by atoms with E-state index >= 15 is 0 Å². The van der Waals surface area contributed by atoms with E-state index in [4.69, 9.17) is 4.74 Å². The third-order valence-electron chi connectivity index (χ3n) is 6.30. The minimum Gasteiger partial charge on any atom is -0.463 e. The monoisotopic (exact) mass is 445 g/mol. The molecule has 0 aliphatic carbocycles. The summed E-state index contributed by atoms with van der Waals surface area (Å²) < 4.78 is 5.71. The summed E-state index contributed by atoms with van der Waals surface area (Å²) >= 11 is 0. The van der Waals surface area contributed by atoms with Crippen molar-refractivity contribution in [2.75, 3.05) is 32.8 Å². The molecule has 0 radical (unpaired) electrons. The first kappa shape index (κ1) is 24.4. The number of aromatic nitrogens is 2. The molecule has 0 bridgehead atoms. The lowest BCUT2D eigenvalue weighted by atomic mass is 9.94. The number of amides is 2. The Morgan fingerprint density at radius 3 is 2.44 bits per heavy atom. The summed E-state index contributed by atoms with van der Waals surface area (Å²) in [5, 5.41) is 3.35. The molecular weight excluding hydrogens is 406 g/mol. The maximum atomic E-state index is 13.6. The Morgan fingerprint density at radius 2 is 1.81 bits per heavy atom. The number of likely N-dealkylation sites (tertiary alicyclic amines) is 1. The van der Waals surface area contributed by atoms with Gasteiger partial charge in [-0.3, -0.25) is 9.59 Å². The number of nitrogens with zero attached hydrogens (tertiary/aromatic N) is 4. The van der Waals surface area contributed by atoms with Crippen LogP contribution in [0.2, 0.25) is 0 Å². The summed E-state index contributed by atoms with van der Waals surface area (Å²) in [6.45, 7) is 11.8. The van der Waals surface area contributed by atoms with Crippen molar-refractivity contribution in [2.45, 2.75) is 65.5 Å². The van der Waals surface area contributed by atoms with Crippen LogP contribution in [0.25, 0.3) is 0 Å². The SMILES string of the molecule is CC(C)C[C@@H]1NCCN([C@@H](CC(C)C)C(=O)N2CCC(COc3ncccn3)CC2)C1=O. The maximum absolute atomic E-state index is 13.6. The van der Waals surface area contributed by atoms with Gasteiger partial charge in [0.25, 0.3) is 0 Å². The molecule has 1 aromatic rings. The van der Waals surface area contributed by atoms with Crippen LogP contribution in [0.1, 0.15) is 53.4 Å². The van der Waals surface area contributed by atoms with E-state index in [1.807, 2.05) is 9.80 Å². The number of nitrogens with one attached hydrogen (secondary N) is 1. The maximum Gasteiger partial charge on any atom is 0.316 e. The fourth-order valence-corrected chi connectivity index (χ4v) is 4.61. The molecule has 0 spiro atoms. The highest BCUT2D eigenvalue weighted by Gasteiger charge is 2.39. The lowest BCUT2D eigenvalue weighted by Gasteiger charge is -2.42. The van der Waals surface area contributed by atoms with Crippen LogP contribution in [0.3, 0.4) is 0 Å². The molecule has 2 aliphatic rings. The molecule has 0 unspecified atom stereocenters. The summed E-state index contributed by atoms with van der Waals surface area (Å²) in [7, 11) is 0. The van der Waals surface area contributed by atoms with Crippen LogP contribution in [-0.2, 0) is 9.59 Å². The molecule has 2 fully saturated rings. The van der Waals surface area contributed by atoms with Gasteiger partial charge < -0.3 is 19.9 Å². The summed E-state index contributed by atoms with van der Waals surface area (Å²) in [6, 6.07) is 1.61. The Hall–Kier alpha value is -2.22. The van der Waals surface area contributed by atoms with E-state index in [1.54, 1.807) is 18.5 Å². The second-order valence-electron chi connectivity index (χ2n) is 9.92. The molecule has 8 nitrogen and oxygen atoms in total. The Balaban J connectivity index is 1.58. The number of hydrogen-bond acceptors (Lipinski definition) is 6. The van der Waals surface area contributed by atoms with E-state index in [2.05, 4.69) is 43.0 Å². The van der Waals surface area contributed by atoms with E-state index < -0.39 is 0 Å². The minimum absolute atomic E-state index is 0.0788. The number of ether oxygens (including phenoxy) is 1. The van der Waals surface area contributed by atoms with Gasteiger partial charge in [0, 0.05) is 38.6 Å². The van der Waals surface area contributed by atoms with Crippen LogP contribution < -0.4 is 10.1 Å². The van der Waals surface area contributed by atoms with Crippen LogP contribution in [0.15, 0.2) is 18.5 Å². The first-order valence-corrected chi connectivity index (χ1v) is 12.1. The van der Waals surface area contributed by atoms with Crippen molar-refractivity contribution in [1.82, 2.24) is 25.1 Å². The van der Waals surface area contributed by atoms with Gasteiger partial charge in [-0.05, 0) is 49.5 Å². The summed E-state index contributed by atoms with van der Waals surface area (Å²) in [6.07, 6.45) is 6.61. The minimum atomic E-state index is -0.371. The van der Waals surface area contributed by atoms with Crippen molar-refractivity contribution in [1.29, 1.82) is 0 Å². The van der Waals surface area contributed by atoms with Crippen LogP contribution in [0.5, 0.6) is 6.01 Å². The average Bonchev–Trinajstić information content (AvgIpc) is 2.78. The predicted octanol–water partition coefficient (Wildman–Crippen LogP) is 2.36. The van der Waals surface area contributed by atoms with E-state index in [0.717, 1.165) is 25.8 Å². The lowest BCUT2D eigenvalue weighted by molar-refractivity contribution is -0.150. The van der Waals surface area contributed by atoms with Crippen LogP contribution >= 0.6 is 0 Å². The third-order valence-corrected chi connectivity index (χ3v) is 6.30. The van der Waals surface area contributed by atoms with Gasteiger partial charge in [0.2, 0.25) is 11.8 Å². The number of carbonyl (C=O) groups is 2. The Kier molecular flexibility index (Phi) is 8.84. The van der Waals surface area contributed by atoms with Crippen molar-refractivity contribution in [3.63, 3.8) is 0 Å². The standard InChI is InChI=1S/C24H39N5O3/c1-17(2)14-20-22(30)29(13-10-25-20)21(15-18(3)4)23(31)28-11-6-19(7-12-28)16-32-24-26-8-5-9-27-24/h5,8-9,17-21,25H,6-7,10-16H2,1-4H3/t20-,21-/m0/s1. The molecular formula is C24H39N5O3. The van der Waals surface area contributed by atoms with Crippen molar-refractivity contribution in [3.05, 3.63) is 18.5 Å². The summed E-state index contributed by atoms with van der Waals surface area (Å²) in [4.78, 5) is 38.8. The normalized spacial score (nSPS) is 21.3. The average molecular weight is 446 g/mol. The van der Waals surface area contributed by atoms with E-state index in [0.29, 0.717) is 56.4 Å². The number of rotatable bonds is 9. The second-order valence-corrected chi connectivity index (χ2v) is 9.92. The molecule has 2 atom stereocenters. The molecule has 2 saturated heterocycles. The topological polar surface area (TPSA) is 87.7 Å². The molecule has 0 aromatic carbocycles. The van der Waals surface area contributed by atoms with E-state index in [-0.39, 0.29) is 23.9 Å². The zero-order chi connectivity index (χ0) is 23.1. The van der Waals surface area contributed by atoms with Crippen LogP contribution in [0, 0.1) is 17.8 Å². The Bertz CT molecular complexity index is 734. The molecule has 3 heterocycles. The van der Waals surface area contributed by atoms with Crippen molar-refractivity contribution < 1.29 is 14.3 Å². The molecule has 178 valence electrons. The largest absolute Gasteiger partial charge is 0.463 e. The van der Waals surface area contributed by atoms with Crippen molar-refractivity contribution in [3.8, 4) is 6.01 Å². The number of piperazine rings is 1. The highest BCUT2D eigenvalue weighted by Crippen LogP contribution is 2.23. The van der Waals surface area contributed by atoms with Gasteiger partial charge in [0.1, 0.15) is 6.04 Å². The lowest BCUT2D eigenvalue weighted by Crippen LogP contribution is -2.62. The van der Waals surface area contributed by atoms with Gasteiger partial charge in [-0.25, -0.2) is 9.97 Å². The van der Waals surface area contributed by atoms with Crippen LogP contribution in [0.4, 0.5) is 0 Å². The summed E-state index contributed by atoms with van der Waals surface area (Å²) in [5.74, 6) is 1.32. The number of carbonyl (C=O) groups excluding carboxylic acids is 2. The predicted molar refractivity (Wildman–Crippen MR) is 123 cm³/mol. The first-order chi connectivity index (χ1) is 15.3. The fraction of sp³-hybridized carbons (Fsp3) is 0.750. The van der Waals surface area contributed by atoms with Gasteiger partial charge in [-0.1, -0.05) is 27.7 Å². The van der Waals surface area contributed by atoms with Crippen molar-refractivity contribution >= 4 is 11.8 Å². The zero-order valence-electron chi connectivity index (χ0n) is 20.0. The van der Waals surface area contributed by atoms with E-state index in [1.165, 1.54) is 0 Å². The molecule has 32 heavy (non-hydrogen) atoms. The third kappa shape index (κ3) is 6.64. The Morgan fingerprint density at radius 1 is 1.12 bits per heavy atom. The molecule has 1 aromatic heterocycles. The van der Waals surface area contributed by atoms with Gasteiger partial charge in [-0.2, -0.15) is 0 Å². The molecule has 3 rings (SSSR count). The highest BCUT2D eigenvalue weighted by atomic mass is 16.5. The molecule has 8 heteroatoms. The quantitative estimate of drug-likeness (QED) is 0.628. The van der Waals surface area contributed by atoms with Gasteiger partial charge in [0.15, 0.2) is 0 Å². The number of piperidine rings is 1. The van der Waals surface area contributed by atoms with Crippen LogP contribution in [-0.4, -0.2) is 76.5 Å². The van der Waals surface area contributed by atoms with Gasteiger partial charge >= 0.3 is 6.01 Å². The summed E-state index contributed by atoms with van der Waals surface area (Å²) in [5.41, 5.74) is 0. The van der Waals surface area contributed by atoms with Gasteiger partial charge in [0.05, 0.1) is 12.6 Å².